The van der Waals surface area contributed by atoms with Crippen molar-refractivity contribution >= 4 is 28.2 Å². The van der Waals surface area contributed by atoms with Crippen molar-refractivity contribution in [1.82, 2.24) is 0 Å². The van der Waals surface area contributed by atoms with Crippen LogP contribution in [0.1, 0.15) is 30.5 Å². The van der Waals surface area contributed by atoms with Crippen LogP contribution in [0.4, 0.5) is 0 Å². The summed E-state index contributed by atoms with van der Waals surface area (Å²) in [6.45, 7) is 12.6. The van der Waals surface area contributed by atoms with Crippen LogP contribution in [0, 0.1) is 17.4 Å². The number of allylic oxidation sites excluding steroid dienone is 5. The van der Waals surface area contributed by atoms with Crippen LogP contribution in [-0.2, 0) is 0 Å². The third-order valence-corrected chi connectivity index (χ3v) is 4.18. The van der Waals surface area contributed by atoms with E-state index in [0.717, 1.165) is 5.57 Å². The molecule has 90 valence electrons. The van der Waals surface area contributed by atoms with E-state index in [4.69, 9.17) is 0 Å². The highest BCUT2D eigenvalue weighted by Crippen LogP contribution is 2.25. The van der Waals surface area contributed by atoms with E-state index in [-0.39, 0.29) is 0 Å². The van der Waals surface area contributed by atoms with Crippen molar-refractivity contribution in [3.63, 3.8) is 0 Å². The molecule has 1 aromatic rings. The largest absolute Gasteiger partial charge is 0.0911 e. The van der Waals surface area contributed by atoms with Crippen LogP contribution in [0.5, 0.6) is 0 Å². The second kappa shape index (κ2) is 6.20. The number of aryl methyl sites for hydroxylation is 2. The topological polar surface area (TPSA) is 0 Å². The van der Waals surface area contributed by atoms with Gasteiger partial charge in [0.25, 0.3) is 0 Å². The Kier molecular flexibility index (Phi) is 5.19. The molecular weight excluding hydrogens is 319 g/mol. The molecule has 0 aromatic heterocycles. The number of hydrogen-bond donors (Lipinski definition) is 0. The third-order valence-electron chi connectivity index (χ3n) is 2.75. The molecule has 0 aliphatic rings. The van der Waals surface area contributed by atoms with Gasteiger partial charge in [0, 0.05) is 3.57 Å². The highest BCUT2D eigenvalue weighted by atomic mass is 127. The Morgan fingerprint density at radius 2 is 1.88 bits per heavy atom. The van der Waals surface area contributed by atoms with Gasteiger partial charge in [-0.25, -0.2) is 0 Å². The number of halogens is 1. The summed E-state index contributed by atoms with van der Waals surface area (Å²) in [5, 5.41) is 0. The van der Waals surface area contributed by atoms with E-state index in [9.17, 15) is 0 Å². The van der Waals surface area contributed by atoms with Gasteiger partial charge in [-0.05, 0) is 67.0 Å². The van der Waals surface area contributed by atoms with Crippen LogP contribution in [-0.4, -0.2) is 0 Å². The summed E-state index contributed by atoms with van der Waals surface area (Å²) >= 11 is 2.39. The molecule has 0 N–H and O–H groups in total. The summed E-state index contributed by atoms with van der Waals surface area (Å²) in [5.74, 6) is 0. The number of rotatable bonds is 3. The van der Waals surface area contributed by atoms with Crippen LogP contribution >= 0.6 is 22.6 Å². The molecule has 0 amide bonds. The summed E-state index contributed by atoms with van der Waals surface area (Å²) in [5.41, 5.74) is 6.17. The zero-order chi connectivity index (χ0) is 13.0. The molecule has 0 aliphatic carbocycles. The molecule has 1 rings (SSSR count). The molecule has 0 saturated heterocycles. The molecule has 0 fully saturated rings. The lowest BCUT2D eigenvalue weighted by molar-refractivity contribution is 1.33. The van der Waals surface area contributed by atoms with E-state index in [1.165, 1.54) is 25.8 Å². The van der Waals surface area contributed by atoms with E-state index in [1.807, 2.05) is 6.92 Å². The maximum Gasteiger partial charge on any atom is 0.0237 e. The molecule has 1 aromatic carbocycles. The lowest BCUT2D eigenvalue weighted by atomic mass is 10.0. The number of benzene rings is 1. The molecule has 0 radical (unpaired) electrons. The summed E-state index contributed by atoms with van der Waals surface area (Å²) in [6.07, 6.45) is 6.29. The Balaban J connectivity index is 3.09. The SMILES string of the molecule is C=C(/C=C\C(C)=C/C)c1cc(C)cc(C)c1I. The van der Waals surface area contributed by atoms with Gasteiger partial charge in [0.05, 0.1) is 0 Å². The molecule has 0 saturated carbocycles. The van der Waals surface area contributed by atoms with Gasteiger partial charge in [-0.3, -0.25) is 0 Å². The maximum absolute atomic E-state index is 4.16. The third kappa shape index (κ3) is 3.84. The van der Waals surface area contributed by atoms with Crippen molar-refractivity contribution in [3.05, 3.63) is 62.8 Å². The second-order valence-electron chi connectivity index (χ2n) is 4.33. The predicted octanol–water partition coefficient (Wildman–Crippen LogP) is 5.44. The molecule has 0 heterocycles. The average Bonchev–Trinajstić information content (AvgIpc) is 2.30. The average molecular weight is 338 g/mol. The van der Waals surface area contributed by atoms with Gasteiger partial charge in [0.15, 0.2) is 0 Å². The summed E-state index contributed by atoms with van der Waals surface area (Å²) in [6, 6.07) is 4.41. The first-order chi connectivity index (χ1) is 7.95. The van der Waals surface area contributed by atoms with Crippen LogP contribution in [0.3, 0.4) is 0 Å². The smallest absolute Gasteiger partial charge is 0.0237 e. The predicted molar refractivity (Wildman–Crippen MR) is 86.2 cm³/mol. The standard InChI is InChI=1S/C16H19I/c1-6-11(2)7-8-13(4)15-10-12(3)9-14(5)16(15)17/h6-10H,4H2,1-3,5H3/b8-7-,11-6-. The van der Waals surface area contributed by atoms with Crippen molar-refractivity contribution in [3.8, 4) is 0 Å². The zero-order valence-electron chi connectivity index (χ0n) is 11.0. The van der Waals surface area contributed by atoms with Crippen molar-refractivity contribution in [2.75, 3.05) is 0 Å². The van der Waals surface area contributed by atoms with Crippen molar-refractivity contribution in [2.45, 2.75) is 27.7 Å². The van der Waals surface area contributed by atoms with Crippen molar-refractivity contribution in [1.29, 1.82) is 0 Å². The molecule has 0 bridgehead atoms. The lowest BCUT2D eigenvalue weighted by Crippen LogP contribution is -1.91. The van der Waals surface area contributed by atoms with E-state index < -0.39 is 0 Å². The zero-order valence-corrected chi connectivity index (χ0v) is 13.1. The fourth-order valence-electron chi connectivity index (χ4n) is 1.60. The van der Waals surface area contributed by atoms with Gasteiger partial charge in [-0.1, -0.05) is 48.1 Å². The second-order valence-corrected chi connectivity index (χ2v) is 5.41. The Hall–Kier alpha value is -0.830. The molecular formula is C16H19I. The Morgan fingerprint density at radius 3 is 2.47 bits per heavy atom. The van der Waals surface area contributed by atoms with Crippen LogP contribution in [0.15, 0.2) is 42.5 Å². The van der Waals surface area contributed by atoms with Gasteiger partial charge in [-0.2, -0.15) is 0 Å². The monoisotopic (exact) mass is 338 g/mol. The lowest BCUT2D eigenvalue weighted by Gasteiger charge is -2.09. The summed E-state index contributed by atoms with van der Waals surface area (Å²) in [7, 11) is 0. The molecule has 0 atom stereocenters. The highest BCUT2D eigenvalue weighted by molar-refractivity contribution is 14.1. The molecule has 0 spiro atoms. The van der Waals surface area contributed by atoms with Crippen LogP contribution in [0.2, 0.25) is 0 Å². The van der Waals surface area contributed by atoms with E-state index in [0.29, 0.717) is 0 Å². The number of hydrogen-bond acceptors (Lipinski definition) is 0. The summed E-state index contributed by atoms with van der Waals surface area (Å²) in [4.78, 5) is 0. The normalized spacial score (nSPS) is 12.2. The van der Waals surface area contributed by atoms with Crippen molar-refractivity contribution < 1.29 is 0 Å². The van der Waals surface area contributed by atoms with E-state index in [2.05, 4.69) is 80.3 Å². The van der Waals surface area contributed by atoms with Gasteiger partial charge in [0.2, 0.25) is 0 Å². The minimum Gasteiger partial charge on any atom is -0.0911 e. The van der Waals surface area contributed by atoms with E-state index >= 15 is 0 Å². The minimum absolute atomic E-state index is 1.07. The molecule has 0 aliphatic heterocycles. The molecule has 0 unspecified atom stereocenters. The first-order valence-corrected chi connectivity index (χ1v) is 6.80. The minimum atomic E-state index is 1.07. The van der Waals surface area contributed by atoms with Gasteiger partial charge in [-0.15, -0.1) is 0 Å². The first kappa shape index (κ1) is 14.2. The van der Waals surface area contributed by atoms with Gasteiger partial charge >= 0.3 is 0 Å². The van der Waals surface area contributed by atoms with Crippen molar-refractivity contribution in [2.24, 2.45) is 0 Å². The maximum atomic E-state index is 4.16. The van der Waals surface area contributed by atoms with E-state index in [1.54, 1.807) is 0 Å². The Labute approximate surface area is 118 Å². The van der Waals surface area contributed by atoms with Crippen LogP contribution < -0.4 is 0 Å². The fraction of sp³-hybridized carbons (Fsp3) is 0.250. The van der Waals surface area contributed by atoms with Gasteiger partial charge in [0.1, 0.15) is 0 Å². The quantitative estimate of drug-likeness (QED) is 0.508. The molecule has 0 nitrogen and oxygen atoms in total. The highest BCUT2D eigenvalue weighted by Gasteiger charge is 2.05. The first-order valence-electron chi connectivity index (χ1n) is 5.72. The van der Waals surface area contributed by atoms with Crippen LogP contribution in [0.25, 0.3) is 5.57 Å². The Bertz CT molecular complexity index is 490. The van der Waals surface area contributed by atoms with Gasteiger partial charge < -0.3 is 0 Å². The Morgan fingerprint density at radius 1 is 1.24 bits per heavy atom. The summed E-state index contributed by atoms with van der Waals surface area (Å²) < 4.78 is 1.29. The fourth-order valence-corrected chi connectivity index (χ4v) is 2.26. The molecule has 1 heteroatoms. The molecule has 17 heavy (non-hydrogen) atoms.